The standard InChI is InChI=1S/C14H10O3.C2H6O2/c15-13(11-7-3-1-4-8-11)14(16)17-12-9-5-2-6-10-12;3-1-2-4/h1-10H;3-4H,1-2H2. The lowest BCUT2D eigenvalue weighted by molar-refractivity contribution is -0.129. The van der Waals surface area contributed by atoms with Crippen molar-refractivity contribution in [2.45, 2.75) is 0 Å². The second-order valence-electron chi connectivity index (χ2n) is 3.84. The highest BCUT2D eigenvalue weighted by Gasteiger charge is 2.17. The van der Waals surface area contributed by atoms with E-state index in [-0.39, 0.29) is 13.2 Å². The highest BCUT2D eigenvalue weighted by atomic mass is 16.5. The number of Topliss-reactive ketones (excluding diaryl/α,β-unsaturated/α-hetero) is 1. The maximum Gasteiger partial charge on any atom is 0.385 e. The summed E-state index contributed by atoms with van der Waals surface area (Å²) in [5, 5.41) is 15.2. The lowest BCUT2D eigenvalue weighted by Gasteiger charge is -2.02. The van der Waals surface area contributed by atoms with Gasteiger partial charge >= 0.3 is 5.97 Å². The van der Waals surface area contributed by atoms with Gasteiger partial charge in [0, 0.05) is 5.56 Å². The number of ketones is 1. The third-order valence-corrected chi connectivity index (χ3v) is 2.28. The average molecular weight is 288 g/mol. The van der Waals surface area contributed by atoms with E-state index in [0.717, 1.165) is 0 Å². The Bertz CT molecular complexity index is 549. The number of rotatable bonds is 4. The van der Waals surface area contributed by atoms with Crippen LogP contribution in [-0.2, 0) is 4.79 Å². The van der Waals surface area contributed by atoms with Gasteiger partial charge in [-0.05, 0) is 12.1 Å². The molecule has 5 heteroatoms. The summed E-state index contributed by atoms with van der Waals surface area (Å²) in [7, 11) is 0. The Morgan fingerprint density at radius 3 is 1.76 bits per heavy atom. The summed E-state index contributed by atoms with van der Waals surface area (Å²) in [5.74, 6) is -1.15. The highest BCUT2D eigenvalue weighted by Crippen LogP contribution is 2.10. The van der Waals surface area contributed by atoms with Gasteiger partial charge in [0.25, 0.3) is 5.78 Å². The molecule has 0 saturated carbocycles. The molecule has 2 aromatic carbocycles. The first-order valence-corrected chi connectivity index (χ1v) is 6.27. The molecule has 0 spiro atoms. The summed E-state index contributed by atoms with van der Waals surface area (Å²) >= 11 is 0. The topological polar surface area (TPSA) is 83.8 Å². The van der Waals surface area contributed by atoms with Crippen molar-refractivity contribution in [3.05, 3.63) is 66.2 Å². The molecule has 0 atom stereocenters. The number of carbonyl (C=O) groups excluding carboxylic acids is 2. The van der Waals surface area contributed by atoms with Gasteiger partial charge in [-0.2, -0.15) is 0 Å². The molecule has 0 heterocycles. The lowest BCUT2D eigenvalue weighted by Crippen LogP contribution is -2.20. The normalized spacial score (nSPS) is 9.24. The number of para-hydroxylation sites is 1. The maximum absolute atomic E-state index is 11.7. The van der Waals surface area contributed by atoms with E-state index in [1.54, 1.807) is 60.7 Å². The molecule has 5 nitrogen and oxygen atoms in total. The van der Waals surface area contributed by atoms with E-state index in [2.05, 4.69) is 0 Å². The second kappa shape index (κ2) is 9.41. The zero-order valence-electron chi connectivity index (χ0n) is 11.3. The summed E-state index contributed by atoms with van der Waals surface area (Å²) < 4.78 is 4.94. The van der Waals surface area contributed by atoms with Gasteiger partial charge in [0.05, 0.1) is 13.2 Å². The van der Waals surface area contributed by atoms with Crippen LogP contribution in [0, 0.1) is 0 Å². The minimum absolute atomic E-state index is 0.125. The van der Waals surface area contributed by atoms with Gasteiger partial charge in [-0.25, -0.2) is 4.79 Å². The molecule has 2 aromatic rings. The second-order valence-corrected chi connectivity index (χ2v) is 3.84. The van der Waals surface area contributed by atoms with Crippen molar-refractivity contribution < 1.29 is 24.5 Å². The Kier molecular flexibility index (Phi) is 7.42. The van der Waals surface area contributed by atoms with Gasteiger partial charge in [0.15, 0.2) is 0 Å². The molecule has 0 unspecified atom stereocenters. The maximum atomic E-state index is 11.7. The molecule has 0 amide bonds. The first kappa shape index (κ1) is 16.6. The predicted octanol–water partition coefficient (Wildman–Crippen LogP) is 1.45. The van der Waals surface area contributed by atoms with E-state index >= 15 is 0 Å². The zero-order chi connectivity index (χ0) is 15.5. The molecular formula is C16H16O5. The Labute approximate surface area is 122 Å². The first-order valence-electron chi connectivity index (χ1n) is 6.27. The van der Waals surface area contributed by atoms with Crippen molar-refractivity contribution in [3.63, 3.8) is 0 Å². The fraction of sp³-hybridized carbons (Fsp3) is 0.125. The molecule has 2 rings (SSSR count). The number of carbonyl (C=O) groups is 2. The summed E-state index contributed by atoms with van der Waals surface area (Å²) in [6, 6.07) is 16.8. The largest absolute Gasteiger partial charge is 0.421 e. The van der Waals surface area contributed by atoms with Crippen LogP contribution in [0.25, 0.3) is 0 Å². The van der Waals surface area contributed by atoms with Crippen LogP contribution < -0.4 is 4.74 Å². The van der Waals surface area contributed by atoms with Crippen LogP contribution in [0.4, 0.5) is 0 Å². The summed E-state index contributed by atoms with van der Waals surface area (Å²) in [6.07, 6.45) is 0. The van der Waals surface area contributed by atoms with Crippen LogP contribution in [0.15, 0.2) is 60.7 Å². The summed E-state index contributed by atoms with van der Waals surface area (Å²) in [6.45, 7) is -0.250. The van der Waals surface area contributed by atoms with E-state index in [9.17, 15) is 9.59 Å². The van der Waals surface area contributed by atoms with Gasteiger partial charge in [0.2, 0.25) is 0 Å². The molecule has 0 bridgehead atoms. The minimum atomic E-state index is -0.873. The molecular weight excluding hydrogens is 272 g/mol. The lowest BCUT2D eigenvalue weighted by atomic mass is 10.1. The number of hydrogen-bond acceptors (Lipinski definition) is 5. The van der Waals surface area contributed by atoms with E-state index in [1.165, 1.54) is 0 Å². The molecule has 0 saturated heterocycles. The monoisotopic (exact) mass is 288 g/mol. The van der Waals surface area contributed by atoms with Crippen LogP contribution >= 0.6 is 0 Å². The number of aliphatic hydroxyl groups is 2. The van der Waals surface area contributed by atoms with Crippen LogP contribution in [-0.4, -0.2) is 35.2 Å². The molecule has 0 radical (unpaired) electrons. The predicted molar refractivity (Wildman–Crippen MR) is 77.0 cm³/mol. The van der Waals surface area contributed by atoms with Crippen molar-refractivity contribution in [3.8, 4) is 5.75 Å². The van der Waals surface area contributed by atoms with E-state index in [1.807, 2.05) is 0 Å². The van der Waals surface area contributed by atoms with Crippen LogP contribution in [0.2, 0.25) is 0 Å². The third kappa shape index (κ3) is 5.99. The van der Waals surface area contributed by atoms with E-state index < -0.39 is 11.8 Å². The molecule has 0 aliphatic rings. The van der Waals surface area contributed by atoms with Gasteiger partial charge in [0.1, 0.15) is 5.75 Å². The smallest absolute Gasteiger partial charge is 0.385 e. The Balaban J connectivity index is 0.000000491. The van der Waals surface area contributed by atoms with Crippen molar-refractivity contribution in [2.75, 3.05) is 13.2 Å². The molecule has 0 fully saturated rings. The first-order chi connectivity index (χ1) is 10.2. The van der Waals surface area contributed by atoms with Crippen LogP contribution in [0.1, 0.15) is 10.4 Å². The summed E-state index contributed by atoms with van der Waals surface area (Å²) in [4.78, 5) is 23.2. The quantitative estimate of drug-likeness (QED) is 0.385. The van der Waals surface area contributed by atoms with Gasteiger partial charge in [-0.15, -0.1) is 0 Å². The molecule has 110 valence electrons. The number of aliphatic hydroxyl groups excluding tert-OH is 2. The number of esters is 1. The van der Waals surface area contributed by atoms with Gasteiger partial charge in [-0.1, -0.05) is 48.5 Å². The van der Waals surface area contributed by atoms with Crippen molar-refractivity contribution in [2.24, 2.45) is 0 Å². The molecule has 0 aromatic heterocycles. The van der Waals surface area contributed by atoms with E-state index in [4.69, 9.17) is 14.9 Å². The molecule has 21 heavy (non-hydrogen) atoms. The molecule has 0 aliphatic heterocycles. The van der Waals surface area contributed by atoms with Crippen molar-refractivity contribution in [1.29, 1.82) is 0 Å². The number of hydrogen-bond donors (Lipinski definition) is 2. The highest BCUT2D eigenvalue weighted by molar-refractivity contribution is 6.41. The Hall–Kier alpha value is -2.50. The van der Waals surface area contributed by atoms with Crippen LogP contribution in [0.3, 0.4) is 0 Å². The van der Waals surface area contributed by atoms with Gasteiger partial charge < -0.3 is 14.9 Å². The Morgan fingerprint density at radius 2 is 1.29 bits per heavy atom. The summed E-state index contributed by atoms with van der Waals surface area (Å²) in [5.41, 5.74) is 0.327. The zero-order valence-corrected chi connectivity index (χ0v) is 11.3. The SMILES string of the molecule is O=C(Oc1ccccc1)C(=O)c1ccccc1.OCCO. The average Bonchev–Trinajstić information content (AvgIpc) is 2.56. The Morgan fingerprint density at radius 1 is 0.810 bits per heavy atom. The number of ether oxygens (including phenoxy) is 1. The molecule has 2 N–H and O–H groups in total. The van der Waals surface area contributed by atoms with Gasteiger partial charge in [-0.3, -0.25) is 4.79 Å². The van der Waals surface area contributed by atoms with Crippen molar-refractivity contribution >= 4 is 11.8 Å². The number of benzene rings is 2. The van der Waals surface area contributed by atoms with Crippen molar-refractivity contribution in [1.82, 2.24) is 0 Å². The fourth-order valence-corrected chi connectivity index (χ4v) is 1.35. The fourth-order valence-electron chi connectivity index (χ4n) is 1.35. The minimum Gasteiger partial charge on any atom is -0.421 e. The molecule has 0 aliphatic carbocycles. The third-order valence-electron chi connectivity index (χ3n) is 2.28. The van der Waals surface area contributed by atoms with E-state index in [0.29, 0.717) is 11.3 Å². The van der Waals surface area contributed by atoms with Crippen LogP contribution in [0.5, 0.6) is 5.75 Å².